The normalized spacial score (nSPS) is 25.6. The summed E-state index contributed by atoms with van der Waals surface area (Å²) in [6.07, 6.45) is 2.77. The lowest BCUT2D eigenvalue weighted by Crippen LogP contribution is -2.58. The van der Waals surface area contributed by atoms with Gasteiger partial charge in [-0.1, -0.05) is 13.8 Å². The molecular weight excluding hydrogens is 274 g/mol. The first-order valence-corrected chi connectivity index (χ1v) is 7.27. The van der Waals surface area contributed by atoms with Crippen molar-refractivity contribution in [2.45, 2.75) is 57.4 Å². The number of hydrogen-bond donors (Lipinski definition) is 4. The summed E-state index contributed by atoms with van der Waals surface area (Å²) in [5.74, 6) is -1.34. The van der Waals surface area contributed by atoms with E-state index in [1.54, 1.807) is 6.08 Å². The van der Waals surface area contributed by atoms with Crippen LogP contribution < -0.4 is 16.8 Å². The Morgan fingerprint density at radius 2 is 2.10 bits per heavy atom. The Balaban J connectivity index is 2.96. The number of rotatable bonds is 7. The average Bonchev–Trinajstić information content (AvgIpc) is 2.46. The van der Waals surface area contributed by atoms with Crippen LogP contribution in [0.4, 0.5) is 0 Å². The van der Waals surface area contributed by atoms with Gasteiger partial charge in [-0.3, -0.25) is 4.79 Å². The van der Waals surface area contributed by atoms with Gasteiger partial charge in [0.05, 0.1) is 24.8 Å². The molecule has 1 amide bonds. The van der Waals surface area contributed by atoms with Gasteiger partial charge in [0.1, 0.15) is 0 Å². The first-order chi connectivity index (χ1) is 9.92. The van der Waals surface area contributed by atoms with Gasteiger partial charge in [-0.25, -0.2) is 4.79 Å². The Morgan fingerprint density at radius 1 is 1.48 bits per heavy atom. The van der Waals surface area contributed by atoms with Crippen molar-refractivity contribution in [2.75, 3.05) is 6.54 Å². The van der Waals surface area contributed by atoms with Gasteiger partial charge in [0.2, 0.25) is 5.91 Å². The van der Waals surface area contributed by atoms with Crippen molar-refractivity contribution in [3.63, 3.8) is 0 Å². The molecule has 120 valence electrons. The van der Waals surface area contributed by atoms with E-state index in [-0.39, 0.29) is 30.5 Å². The molecule has 7 heteroatoms. The summed E-state index contributed by atoms with van der Waals surface area (Å²) >= 11 is 0. The second-order valence-electron chi connectivity index (χ2n) is 5.20. The quantitative estimate of drug-likeness (QED) is 0.513. The lowest BCUT2D eigenvalue weighted by Gasteiger charge is -2.36. The van der Waals surface area contributed by atoms with Crippen LogP contribution in [-0.4, -0.2) is 47.8 Å². The van der Waals surface area contributed by atoms with E-state index in [0.717, 1.165) is 12.8 Å². The molecular formula is C14H25N3O4. The molecule has 21 heavy (non-hydrogen) atoms. The number of carboxylic acids is 1. The van der Waals surface area contributed by atoms with Crippen molar-refractivity contribution < 1.29 is 19.4 Å². The zero-order valence-corrected chi connectivity index (χ0v) is 12.5. The summed E-state index contributed by atoms with van der Waals surface area (Å²) in [7, 11) is 0. The van der Waals surface area contributed by atoms with Crippen LogP contribution in [0.2, 0.25) is 0 Å². The third-order valence-electron chi connectivity index (χ3n) is 3.68. The molecule has 0 fully saturated rings. The Kier molecular flexibility index (Phi) is 6.80. The molecule has 0 aromatic heterocycles. The SMILES string of the molecule is CCC(CC)O[C@@H]1C=C(C(=O)O)C[C@H](N)[C@H]1NC(=O)CN. The van der Waals surface area contributed by atoms with Crippen LogP contribution in [0, 0.1) is 0 Å². The second-order valence-corrected chi connectivity index (χ2v) is 5.20. The van der Waals surface area contributed by atoms with E-state index in [4.69, 9.17) is 21.3 Å². The first kappa shape index (κ1) is 17.6. The van der Waals surface area contributed by atoms with Crippen molar-refractivity contribution >= 4 is 11.9 Å². The highest BCUT2D eigenvalue weighted by molar-refractivity contribution is 5.87. The van der Waals surface area contributed by atoms with Crippen molar-refractivity contribution in [3.8, 4) is 0 Å². The molecule has 0 aliphatic heterocycles. The summed E-state index contributed by atoms with van der Waals surface area (Å²) in [5.41, 5.74) is 11.5. The number of carboxylic acid groups (broad SMARTS) is 1. The van der Waals surface area contributed by atoms with E-state index < -0.39 is 24.2 Å². The van der Waals surface area contributed by atoms with Gasteiger partial charge in [0.25, 0.3) is 0 Å². The standard InChI is InChI=1S/C14H25N3O4/c1-3-9(4-2)21-11-6-8(14(19)20)5-10(16)13(11)17-12(18)7-15/h6,9-11,13H,3-5,7,15-16H2,1-2H3,(H,17,18)(H,19,20)/t10-,11+,13+/m0/s1. The number of ether oxygens (including phenoxy) is 1. The number of aliphatic carboxylic acids is 1. The Hall–Kier alpha value is -1.44. The largest absolute Gasteiger partial charge is 0.478 e. The van der Waals surface area contributed by atoms with Crippen LogP contribution in [0.25, 0.3) is 0 Å². The topological polar surface area (TPSA) is 128 Å². The fourth-order valence-corrected chi connectivity index (χ4v) is 2.41. The van der Waals surface area contributed by atoms with Crippen molar-refractivity contribution in [2.24, 2.45) is 11.5 Å². The molecule has 1 aliphatic carbocycles. The smallest absolute Gasteiger partial charge is 0.331 e. The predicted octanol–water partition coefficient (Wildman–Crippen LogP) is -0.254. The molecule has 0 radical (unpaired) electrons. The van der Waals surface area contributed by atoms with Gasteiger partial charge in [0, 0.05) is 11.6 Å². The van der Waals surface area contributed by atoms with Gasteiger partial charge < -0.3 is 26.6 Å². The molecule has 0 bridgehead atoms. The lowest BCUT2D eigenvalue weighted by molar-refractivity contribution is -0.133. The molecule has 0 unspecified atom stereocenters. The molecule has 0 saturated heterocycles. The van der Waals surface area contributed by atoms with E-state index in [2.05, 4.69) is 5.32 Å². The number of carbonyl (C=O) groups is 2. The minimum atomic E-state index is -1.01. The summed E-state index contributed by atoms with van der Waals surface area (Å²) in [5, 5.41) is 11.9. The molecule has 6 N–H and O–H groups in total. The van der Waals surface area contributed by atoms with E-state index in [1.807, 2.05) is 13.8 Å². The van der Waals surface area contributed by atoms with Crippen molar-refractivity contribution in [1.82, 2.24) is 5.32 Å². The van der Waals surface area contributed by atoms with Crippen molar-refractivity contribution in [3.05, 3.63) is 11.6 Å². The molecule has 1 aliphatic rings. The number of hydrogen-bond acceptors (Lipinski definition) is 5. The van der Waals surface area contributed by atoms with Crippen LogP contribution in [0.1, 0.15) is 33.1 Å². The molecule has 0 spiro atoms. The van der Waals surface area contributed by atoms with Crippen LogP contribution in [0.15, 0.2) is 11.6 Å². The molecule has 0 saturated carbocycles. The van der Waals surface area contributed by atoms with Crippen LogP contribution in [0.3, 0.4) is 0 Å². The molecule has 0 aromatic carbocycles. The summed E-state index contributed by atoms with van der Waals surface area (Å²) in [4.78, 5) is 22.7. The molecule has 0 heterocycles. The van der Waals surface area contributed by atoms with Gasteiger partial charge in [-0.05, 0) is 25.3 Å². The Bertz CT molecular complexity index is 407. The van der Waals surface area contributed by atoms with Gasteiger partial charge >= 0.3 is 5.97 Å². The highest BCUT2D eigenvalue weighted by Crippen LogP contribution is 2.23. The van der Waals surface area contributed by atoms with E-state index >= 15 is 0 Å². The Morgan fingerprint density at radius 3 is 2.57 bits per heavy atom. The number of nitrogens with one attached hydrogen (secondary N) is 1. The van der Waals surface area contributed by atoms with Gasteiger partial charge in [-0.15, -0.1) is 0 Å². The Labute approximate surface area is 124 Å². The third-order valence-corrected chi connectivity index (χ3v) is 3.68. The van der Waals surface area contributed by atoms with Crippen molar-refractivity contribution in [1.29, 1.82) is 0 Å². The van der Waals surface area contributed by atoms with E-state index in [9.17, 15) is 9.59 Å². The number of amides is 1. The summed E-state index contributed by atoms with van der Waals surface area (Å²) < 4.78 is 5.92. The minimum absolute atomic E-state index is 0.0103. The van der Waals surface area contributed by atoms with E-state index in [0.29, 0.717) is 0 Å². The summed E-state index contributed by atoms with van der Waals surface area (Å²) in [6, 6.07) is -0.985. The molecule has 1 rings (SSSR count). The fraction of sp³-hybridized carbons (Fsp3) is 0.714. The maximum Gasteiger partial charge on any atom is 0.331 e. The lowest BCUT2D eigenvalue weighted by atomic mass is 9.88. The van der Waals surface area contributed by atoms with Gasteiger partial charge in [0.15, 0.2) is 0 Å². The van der Waals surface area contributed by atoms with Crippen LogP contribution in [0.5, 0.6) is 0 Å². The van der Waals surface area contributed by atoms with Crippen LogP contribution >= 0.6 is 0 Å². The number of nitrogens with two attached hydrogens (primary N) is 2. The fourth-order valence-electron chi connectivity index (χ4n) is 2.41. The monoisotopic (exact) mass is 299 g/mol. The minimum Gasteiger partial charge on any atom is -0.478 e. The number of carbonyl (C=O) groups excluding carboxylic acids is 1. The molecule has 7 nitrogen and oxygen atoms in total. The third kappa shape index (κ3) is 4.80. The zero-order chi connectivity index (χ0) is 16.0. The predicted molar refractivity (Wildman–Crippen MR) is 78.5 cm³/mol. The molecule has 0 aromatic rings. The average molecular weight is 299 g/mol. The van der Waals surface area contributed by atoms with E-state index in [1.165, 1.54) is 0 Å². The second kappa shape index (κ2) is 8.11. The van der Waals surface area contributed by atoms with Gasteiger partial charge in [-0.2, -0.15) is 0 Å². The highest BCUT2D eigenvalue weighted by Gasteiger charge is 2.35. The maximum absolute atomic E-state index is 11.5. The van der Waals surface area contributed by atoms with Crippen LogP contribution in [-0.2, 0) is 14.3 Å². The summed E-state index contributed by atoms with van der Waals surface area (Å²) in [6.45, 7) is 3.84. The maximum atomic E-state index is 11.5. The molecule has 3 atom stereocenters. The zero-order valence-electron chi connectivity index (χ0n) is 12.5. The highest BCUT2D eigenvalue weighted by atomic mass is 16.5. The first-order valence-electron chi connectivity index (χ1n) is 7.27.